The van der Waals surface area contributed by atoms with Gasteiger partial charge in [-0.3, -0.25) is 0 Å². The Morgan fingerprint density at radius 3 is 2.84 bits per heavy atom. The van der Waals surface area contributed by atoms with Crippen LogP contribution < -0.4 is 0 Å². The number of carbonyl (C=O) groups is 1. The molecule has 0 bridgehead atoms. The largest absolute Gasteiger partial charge is 0.448 e. The molecule has 0 spiro atoms. The van der Waals surface area contributed by atoms with Crippen molar-refractivity contribution in [2.75, 3.05) is 0 Å². The van der Waals surface area contributed by atoms with Crippen molar-refractivity contribution in [1.82, 2.24) is 15.4 Å². The zero-order valence-electron chi connectivity index (χ0n) is 14.2. The standard InChI is InChI=1S/C18H22IN3O3/c1-12(19)25-18(23)14-9-7-13(8-10-14)11-24-16-6-4-2-3-5-15-17(16)21-22-20-15/h7-10,12,16H,2-6,11H2,1H3,(H,20,21,22). The minimum Gasteiger partial charge on any atom is -0.448 e. The van der Waals surface area contributed by atoms with Gasteiger partial charge in [-0.25, -0.2) is 4.79 Å². The molecule has 1 aromatic heterocycles. The molecule has 0 radical (unpaired) electrons. The average Bonchev–Trinajstić information content (AvgIpc) is 3.02. The fourth-order valence-electron chi connectivity index (χ4n) is 2.95. The van der Waals surface area contributed by atoms with Gasteiger partial charge in [-0.2, -0.15) is 15.4 Å². The van der Waals surface area contributed by atoms with Crippen LogP contribution in [0, 0.1) is 0 Å². The van der Waals surface area contributed by atoms with Crippen molar-refractivity contribution in [3.63, 3.8) is 0 Å². The van der Waals surface area contributed by atoms with E-state index in [0.717, 1.165) is 42.6 Å². The van der Waals surface area contributed by atoms with Crippen LogP contribution >= 0.6 is 22.6 Å². The van der Waals surface area contributed by atoms with Gasteiger partial charge in [0.2, 0.25) is 0 Å². The summed E-state index contributed by atoms with van der Waals surface area (Å²) < 4.78 is 11.2. The Morgan fingerprint density at radius 1 is 1.28 bits per heavy atom. The Morgan fingerprint density at radius 2 is 2.08 bits per heavy atom. The van der Waals surface area contributed by atoms with Gasteiger partial charge < -0.3 is 9.47 Å². The van der Waals surface area contributed by atoms with Gasteiger partial charge in [-0.15, -0.1) is 0 Å². The molecule has 25 heavy (non-hydrogen) atoms. The number of esters is 1. The van der Waals surface area contributed by atoms with Crippen molar-refractivity contribution < 1.29 is 14.3 Å². The lowest BCUT2D eigenvalue weighted by atomic mass is 9.99. The molecular formula is C18H22IN3O3. The molecular weight excluding hydrogens is 433 g/mol. The Kier molecular flexibility index (Phi) is 6.41. The fraction of sp³-hybridized carbons (Fsp3) is 0.500. The smallest absolute Gasteiger partial charge is 0.339 e. The maximum absolute atomic E-state index is 11.9. The Hall–Kier alpha value is -1.48. The van der Waals surface area contributed by atoms with Crippen molar-refractivity contribution >= 4 is 28.6 Å². The summed E-state index contributed by atoms with van der Waals surface area (Å²) in [5.41, 5.74) is 3.54. The Labute approximate surface area is 160 Å². The van der Waals surface area contributed by atoms with Gasteiger partial charge >= 0.3 is 5.97 Å². The number of ether oxygens (including phenoxy) is 2. The lowest BCUT2D eigenvalue weighted by molar-refractivity contribution is 0.0276. The molecule has 2 aromatic rings. The van der Waals surface area contributed by atoms with Crippen LogP contribution in [0.2, 0.25) is 0 Å². The summed E-state index contributed by atoms with van der Waals surface area (Å²) in [6.45, 7) is 2.31. The van der Waals surface area contributed by atoms with Crippen LogP contribution in [0.15, 0.2) is 24.3 Å². The van der Waals surface area contributed by atoms with Crippen LogP contribution in [0.4, 0.5) is 0 Å². The predicted molar refractivity (Wildman–Crippen MR) is 101 cm³/mol. The van der Waals surface area contributed by atoms with E-state index in [-0.39, 0.29) is 16.2 Å². The second kappa shape index (κ2) is 8.75. The SMILES string of the molecule is CC(I)OC(=O)c1ccc(COC2CCCCCc3n[nH]nc32)cc1. The van der Waals surface area contributed by atoms with E-state index in [0.29, 0.717) is 12.2 Å². The summed E-state index contributed by atoms with van der Waals surface area (Å²) in [6.07, 6.45) is 5.36. The highest BCUT2D eigenvalue weighted by molar-refractivity contribution is 14.1. The number of hydrogen-bond donors (Lipinski definition) is 1. The molecule has 0 saturated carbocycles. The summed E-state index contributed by atoms with van der Waals surface area (Å²) in [7, 11) is 0. The molecule has 1 heterocycles. The summed E-state index contributed by atoms with van der Waals surface area (Å²) in [5, 5.41) is 11.3. The third-order valence-electron chi connectivity index (χ3n) is 4.25. The van der Waals surface area contributed by atoms with Crippen LogP contribution in [0.5, 0.6) is 0 Å². The number of rotatable bonds is 5. The molecule has 1 aliphatic carbocycles. The van der Waals surface area contributed by atoms with Crippen molar-refractivity contribution in [3.05, 3.63) is 46.8 Å². The fourth-order valence-corrected chi connectivity index (χ4v) is 3.18. The number of aromatic amines is 1. The topological polar surface area (TPSA) is 77.1 Å². The number of fused-ring (bicyclic) bond motifs is 1. The zero-order chi connectivity index (χ0) is 17.6. The number of halogens is 1. The van der Waals surface area contributed by atoms with E-state index in [1.807, 2.05) is 19.1 Å². The van der Waals surface area contributed by atoms with Crippen molar-refractivity contribution in [2.24, 2.45) is 0 Å². The Bertz CT molecular complexity index is 700. The highest BCUT2D eigenvalue weighted by atomic mass is 127. The van der Waals surface area contributed by atoms with E-state index in [1.54, 1.807) is 12.1 Å². The number of nitrogens with zero attached hydrogens (tertiary/aromatic N) is 2. The molecule has 1 N–H and O–H groups in total. The number of carbonyl (C=O) groups excluding carboxylic acids is 1. The van der Waals surface area contributed by atoms with Crippen LogP contribution in [-0.2, 0) is 22.5 Å². The lowest BCUT2D eigenvalue weighted by Crippen LogP contribution is -2.11. The molecule has 2 atom stereocenters. The van der Waals surface area contributed by atoms with Crippen molar-refractivity contribution in [2.45, 2.75) is 55.8 Å². The van der Waals surface area contributed by atoms with Crippen LogP contribution in [0.3, 0.4) is 0 Å². The van der Waals surface area contributed by atoms with Gasteiger partial charge in [0, 0.05) is 0 Å². The predicted octanol–water partition coefficient (Wildman–Crippen LogP) is 4.12. The molecule has 1 aromatic carbocycles. The van der Waals surface area contributed by atoms with E-state index < -0.39 is 0 Å². The molecule has 2 unspecified atom stereocenters. The summed E-state index contributed by atoms with van der Waals surface area (Å²) in [5.74, 6) is -0.304. The van der Waals surface area contributed by atoms with Crippen molar-refractivity contribution in [3.8, 4) is 0 Å². The molecule has 7 heteroatoms. The van der Waals surface area contributed by atoms with Gasteiger partial charge in [0.25, 0.3) is 0 Å². The molecule has 1 aliphatic rings. The number of alkyl halides is 1. The molecule has 0 saturated heterocycles. The van der Waals surface area contributed by atoms with E-state index >= 15 is 0 Å². The number of aromatic nitrogens is 3. The monoisotopic (exact) mass is 455 g/mol. The number of aryl methyl sites for hydroxylation is 1. The first-order valence-electron chi connectivity index (χ1n) is 8.58. The van der Waals surface area contributed by atoms with Gasteiger partial charge in [-0.05, 0) is 66.5 Å². The first-order valence-corrected chi connectivity index (χ1v) is 9.83. The summed E-state index contributed by atoms with van der Waals surface area (Å²) in [4.78, 5) is 11.9. The van der Waals surface area contributed by atoms with Crippen LogP contribution in [-0.4, -0.2) is 25.5 Å². The van der Waals surface area contributed by atoms with Gasteiger partial charge in [0.05, 0.1) is 17.9 Å². The third-order valence-corrected chi connectivity index (χ3v) is 4.50. The normalized spacial score (nSPS) is 18.7. The van der Waals surface area contributed by atoms with E-state index in [1.165, 1.54) is 6.42 Å². The highest BCUT2D eigenvalue weighted by Crippen LogP contribution is 2.28. The highest BCUT2D eigenvalue weighted by Gasteiger charge is 2.22. The average molecular weight is 455 g/mol. The lowest BCUT2D eigenvalue weighted by Gasteiger charge is -2.19. The molecule has 0 amide bonds. The maximum Gasteiger partial charge on any atom is 0.339 e. The second-order valence-corrected chi connectivity index (χ2v) is 7.95. The van der Waals surface area contributed by atoms with E-state index in [9.17, 15) is 4.79 Å². The first kappa shape index (κ1) is 18.3. The second-order valence-electron chi connectivity index (χ2n) is 6.20. The van der Waals surface area contributed by atoms with Gasteiger partial charge in [-0.1, -0.05) is 25.0 Å². The quantitative estimate of drug-likeness (QED) is 0.417. The molecule has 0 aliphatic heterocycles. The number of benzene rings is 1. The zero-order valence-corrected chi connectivity index (χ0v) is 16.4. The minimum atomic E-state index is -0.304. The maximum atomic E-state index is 11.9. The van der Waals surface area contributed by atoms with Crippen LogP contribution in [0.25, 0.3) is 0 Å². The minimum absolute atomic E-state index is 0.0291. The molecule has 3 rings (SSSR count). The van der Waals surface area contributed by atoms with Crippen LogP contribution in [0.1, 0.15) is 66.0 Å². The van der Waals surface area contributed by atoms with Gasteiger partial charge in [0.1, 0.15) is 15.9 Å². The summed E-state index contributed by atoms with van der Waals surface area (Å²) in [6, 6.07) is 7.36. The van der Waals surface area contributed by atoms with Crippen molar-refractivity contribution in [1.29, 1.82) is 0 Å². The first-order chi connectivity index (χ1) is 12.1. The number of nitrogens with one attached hydrogen (secondary N) is 1. The molecule has 134 valence electrons. The Balaban J connectivity index is 1.61. The number of H-pyrrole nitrogens is 1. The molecule has 0 fully saturated rings. The third kappa shape index (κ3) is 5.01. The van der Waals surface area contributed by atoms with Gasteiger partial charge in [0.15, 0.2) is 0 Å². The summed E-state index contributed by atoms with van der Waals surface area (Å²) >= 11 is 2.06. The number of hydrogen-bond acceptors (Lipinski definition) is 5. The van der Waals surface area contributed by atoms with E-state index in [4.69, 9.17) is 9.47 Å². The molecule has 6 nitrogen and oxygen atoms in total. The van der Waals surface area contributed by atoms with E-state index in [2.05, 4.69) is 38.0 Å².